The molecule has 4 rings (SSSR count). The number of rotatable bonds is 10. The molecule has 0 bridgehead atoms. The molecule has 2 aromatic heterocycles. The van der Waals surface area contributed by atoms with Gasteiger partial charge in [-0.15, -0.1) is 0 Å². The zero-order chi connectivity index (χ0) is 27.6. The van der Waals surface area contributed by atoms with Crippen molar-refractivity contribution >= 4 is 67.8 Å². The zero-order valence-electron chi connectivity index (χ0n) is 21.3. The minimum absolute atomic E-state index is 0. The van der Waals surface area contributed by atoms with Crippen LogP contribution in [0.5, 0.6) is 11.5 Å². The van der Waals surface area contributed by atoms with Crippen LogP contribution in [0.2, 0.25) is 0 Å². The predicted molar refractivity (Wildman–Crippen MR) is 149 cm³/mol. The van der Waals surface area contributed by atoms with Gasteiger partial charge in [-0.05, 0) is 50.1 Å². The molecule has 1 N–H and O–H groups in total. The van der Waals surface area contributed by atoms with Gasteiger partial charge in [-0.25, -0.2) is 8.42 Å². The predicted octanol–water partition coefficient (Wildman–Crippen LogP) is 2.98. The summed E-state index contributed by atoms with van der Waals surface area (Å²) in [5.41, 5.74) is 3.28. The molecule has 4 aromatic rings. The Kier molecular flexibility index (Phi) is 10.1. The number of benzene rings is 2. The molecule has 2 aromatic carbocycles. The normalized spacial score (nSPS) is 12.1. The summed E-state index contributed by atoms with van der Waals surface area (Å²) < 4.78 is 53.1. The maximum absolute atomic E-state index is 13.9. The van der Waals surface area contributed by atoms with Gasteiger partial charge in [-0.2, -0.15) is 8.96 Å². The van der Waals surface area contributed by atoms with Gasteiger partial charge in [-0.3, -0.25) is 9.78 Å². The third kappa shape index (κ3) is 6.42. The second-order valence-corrected chi connectivity index (χ2v) is 11.7. The number of carbonyl (C=O) groups is 1. The first-order valence-electron chi connectivity index (χ1n) is 11.6. The van der Waals surface area contributed by atoms with Crippen molar-refractivity contribution in [3.05, 3.63) is 71.0 Å². The molecule has 0 aliphatic carbocycles. The summed E-state index contributed by atoms with van der Waals surface area (Å²) in [6.45, 7) is 3.66. The number of nitrogens with zero attached hydrogens (tertiary/aromatic N) is 3. The first-order valence-corrected chi connectivity index (χ1v) is 14.3. The van der Waals surface area contributed by atoms with E-state index < -0.39 is 27.2 Å². The van der Waals surface area contributed by atoms with Gasteiger partial charge in [0.05, 0.1) is 35.8 Å². The topological polar surface area (TPSA) is 144 Å². The number of ether oxygens (including phenoxy) is 2. The SMILES string of the molecule is COc1ccc2c(c1)nc([S+]([O-])Cc1ncc(C)c(OC)c1C)n2S(=O)(=O)c1ccc(CCC(=O)O)cc1.[NaH]. The van der Waals surface area contributed by atoms with E-state index in [4.69, 9.17) is 14.6 Å². The van der Waals surface area contributed by atoms with Gasteiger partial charge in [0.2, 0.25) is 0 Å². The number of carboxylic acids is 1. The van der Waals surface area contributed by atoms with Crippen LogP contribution >= 0.6 is 0 Å². The second-order valence-electron chi connectivity index (χ2n) is 8.59. The third-order valence-electron chi connectivity index (χ3n) is 6.10. The molecule has 1 unspecified atom stereocenters. The van der Waals surface area contributed by atoms with E-state index >= 15 is 0 Å². The van der Waals surface area contributed by atoms with Crippen LogP contribution in [0.1, 0.15) is 28.8 Å². The molecule has 0 saturated carbocycles. The van der Waals surface area contributed by atoms with E-state index in [2.05, 4.69) is 9.97 Å². The number of aryl methyl sites for hydroxylation is 2. The van der Waals surface area contributed by atoms with E-state index in [1.54, 1.807) is 43.6 Å². The van der Waals surface area contributed by atoms with Crippen LogP contribution in [0.15, 0.2) is 58.7 Å². The summed E-state index contributed by atoms with van der Waals surface area (Å²) in [5, 5.41) is 8.77. The van der Waals surface area contributed by atoms with Gasteiger partial charge in [0, 0.05) is 41.0 Å². The number of hydrogen-bond donors (Lipinski definition) is 1. The fourth-order valence-electron chi connectivity index (χ4n) is 4.11. The van der Waals surface area contributed by atoms with Gasteiger partial charge >= 0.3 is 40.7 Å². The molecule has 10 nitrogen and oxygen atoms in total. The van der Waals surface area contributed by atoms with Crippen LogP contribution in [0.25, 0.3) is 11.0 Å². The Balaban J connectivity index is 0.00000420. The molecule has 39 heavy (non-hydrogen) atoms. The summed E-state index contributed by atoms with van der Waals surface area (Å²) in [4.78, 5) is 19.7. The fourth-order valence-corrected chi connectivity index (χ4v) is 7.16. The molecule has 0 saturated heterocycles. The van der Waals surface area contributed by atoms with E-state index in [0.29, 0.717) is 33.8 Å². The number of carboxylic acid groups (broad SMARTS) is 1. The molecule has 0 fully saturated rings. The quantitative estimate of drug-likeness (QED) is 0.221. The monoisotopic (exact) mass is 581 g/mol. The summed E-state index contributed by atoms with van der Waals surface area (Å²) in [5.74, 6) is 0.0818. The maximum atomic E-state index is 13.9. The Labute approximate surface area is 251 Å². The van der Waals surface area contributed by atoms with Crippen LogP contribution < -0.4 is 9.47 Å². The van der Waals surface area contributed by atoms with Crippen LogP contribution in [0, 0.1) is 13.8 Å². The number of methoxy groups -OCH3 is 2. The first-order chi connectivity index (χ1) is 18.1. The molecule has 0 amide bonds. The van der Waals surface area contributed by atoms with E-state index in [1.165, 1.54) is 19.2 Å². The number of pyridine rings is 1. The number of aliphatic carboxylic acids is 1. The van der Waals surface area contributed by atoms with Gasteiger partial charge in [0.15, 0.2) is 5.75 Å². The fraction of sp³-hybridized carbons (Fsp3) is 0.269. The van der Waals surface area contributed by atoms with Crippen molar-refractivity contribution in [3.63, 3.8) is 0 Å². The molecule has 0 aliphatic rings. The van der Waals surface area contributed by atoms with Crippen molar-refractivity contribution < 1.29 is 32.3 Å². The standard InChI is InChI=1S/C26H27N3O7S2.Na.H/c1-16-14-27-22(17(2)25(16)36-4)15-37(32)26-28-21-13-19(35-3)8-11-23(21)29(26)38(33,34)20-9-5-18(6-10-20)7-12-24(30)31;;/h5-6,8-11,13-14H,7,12,15H2,1-4H3,(H,30,31);;. The van der Waals surface area contributed by atoms with E-state index in [1.807, 2.05) is 13.8 Å². The van der Waals surface area contributed by atoms with Crippen LogP contribution in [0.3, 0.4) is 0 Å². The molecule has 0 radical (unpaired) electrons. The average Bonchev–Trinajstić information content (AvgIpc) is 3.29. The molecule has 1 atom stereocenters. The van der Waals surface area contributed by atoms with Gasteiger partial charge in [0.1, 0.15) is 11.5 Å². The van der Waals surface area contributed by atoms with Crippen LogP contribution in [0.4, 0.5) is 0 Å². The second kappa shape index (κ2) is 12.7. The minimum atomic E-state index is -4.23. The van der Waals surface area contributed by atoms with Gasteiger partial charge in [-0.1, -0.05) is 12.1 Å². The third-order valence-corrected chi connectivity index (χ3v) is 9.15. The Morgan fingerprint density at radius 2 is 1.79 bits per heavy atom. The Hall–Kier alpha value is -2.61. The number of imidazole rings is 1. The molecule has 2 heterocycles. The van der Waals surface area contributed by atoms with Crippen molar-refractivity contribution in [1.82, 2.24) is 13.9 Å². The Bertz CT molecular complexity index is 1610. The number of hydrogen-bond acceptors (Lipinski definition) is 8. The summed E-state index contributed by atoms with van der Waals surface area (Å²) in [6.07, 6.45) is 1.82. The van der Waals surface area contributed by atoms with Crippen molar-refractivity contribution in [1.29, 1.82) is 0 Å². The van der Waals surface area contributed by atoms with E-state index in [0.717, 1.165) is 9.54 Å². The molecule has 0 spiro atoms. The van der Waals surface area contributed by atoms with Crippen molar-refractivity contribution in [2.45, 2.75) is 42.5 Å². The van der Waals surface area contributed by atoms with Gasteiger partial charge in [0.25, 0.3) is 10.0 Å². The van der Waals surface area contributed by atoms with Crippen molar-refractivity contribution in [2.75, 3.05) is 14.2 Å². The summed E-state index contributed by atoms with van der Waals surface area (Å²) in [6, 6.07) is 10.7. The Morgan fingerprint density at radius 3 is 2.41 bits per heavy atom. The van der Waals surface area contributed by atoms with Crippen LogP contribution in [-0.2, 0) is 38.2 Å². The van der Waals surface area contributed by atoms with E-state index in [9.17, 15) is 17.8 Å². The van der Waals surface area contributed by atoms with Crippen molar-refractivity contribution in [3.8, 4) is 11.5 Å². The average molecular weight is 582 g/mol. The molecule has 0 aliphatic heterocycles. The van der Waals surface area contributed by atoms with Crippen LogP contribution in [-0.4, -0.2) is 81.8 Å². The zero-order valence-corrected chi connectivity index (χ0v) is 22.9. The molecular formula is C26H28N3NaO7S2. The first kappa shape index (κ1) is 30.9. The summed E-state index contributed by atoms with van der Waals surface area (Å²) >= 11 is -1.90. The number of fused-ring (bicyclic) bond motifs is 1. The molecular weight excluding hydrogens is 553 g/mol. The van der Waals surface area contributed by atoms with E-state index in [-0.39, 0.29) is 63.7 Å². The summed E-state index contributed by atoms with van der Waals surface area (Å²) in [7, 11) is -1.20. The molecule has 202 valence electrons. The number of aromatic nitrogens is 3. The molecule has 13 heteroatoms. The van der Waals surface area contributed by atoms with Crippen molar-refractivity contribution in [2.24, 2.45) is 0 Å². The van der Waals surface area contributed by atoms with Gasteiger partial charge < -0.3 is 19.1 Å². The Morgan fingerprint density at radius 1 is 1.10 bits per heavy atom.